The second-order valence-electron chi connectivity index (χ2n) is 4.91. The minimum absolute atomic E-state index is 0.145. The Hall–Kier alpha value is -2.23. The van der Waals surface area contributed by atoms with Gasteiger partial charge in [-0.15, -0.1) is 0 Å². The van der Waals surface area contributed by atoms with Gasteiger partial charge in [-0.05, 0) is 42.5 Å². The van der Waals surface area contributed by atoms with Crippen LogP contribution in [0, 0.1) is 6.92 Å². The molecule has 104 valence electrons. The van der Waals surface area contributed by atoms with Crippen molar-refractivity contribution in [2.75, 3.05) is 5.32 Å². The van der Waals surface area contributed by atoms with Gasteiger partial charge in [-0.3, -0.25) is 14.8 Å². The Kier molecular flexibility index (Phi) is 4.45. The number of hydrogen-bond donors (Lipinski definition) is 1. The van der Waals surface area contributed by atoms with Crippen molar-refractivity contribution >= 4 is 11.6 Å². The van der Waals surface area contributed by atoms with Crippen molar-refractivity contribution in [3.05, 3.63) is 53.6 Å². The van der Waals surface area contributed by atoms with Gasteiger partial charge >= 0.3 is 0 Å². The Morgan fingerprint density at radius 3 is 2.75 bits per heavy atom. The molecule has 0 radical (unpaired) electrons. The SMILES string of the molecule is CCC(C)c1cncc(C(=O)Nc2cccnc2)c1C. The van der Waals surface area contributed by atoms with Crippen LogP contribution in [-0.4, -0.2) is 15.9 Å². The summed E-state index contributed by atoms with van der Waals surface area (Å²) in [5, 5.41) is 2.84. The van der Waals surface area contributed by atoms with E-state index in [1.54, 1.807) is 24.7 Å². The average Bonchev–Trinajstić information content (AvgIpc) is 2.47. The highest BCUT2D eigenvalue weighted by molar-refractivity contribution is 6.05. The number of pyridine rings is 2. The van der Waals surface area contributed by atoms with E-state index < -0.39 is 0 Å². The van der Waals surface area contributed by atoms with Crippen LogP contribution in [-0.2, 0) is 0 Å². The van der Waals surface area contributed by atoms with E-state index >= 15 is 0 Å². The fraction of sp³-hybridized carbons (Fsp3) is 0.312. The van der Waals surface area contributed by atoms with Crippen LogP contribution in [0.2, 0.25) is 0 Å². The van der Waals surface area contributed by atoms with Crippen molar-refractivity contribution in [3.8, 4) is 0 Å². The maximum absolute atomic E-state index is 12.3. The maximum atomic E-state index is 12.3. The second kappa shape index (κ2) is 6.28. The van der Waals surface area contributed by atoms with Crippen molar-refractivity contribution in [1.29, 1.82) is 0 Å². The number of aromatic nitrogens is 2. The number of rotatable bonds is 4. The second-order valence-corrected chi connectivity index (χ2v) is 4.91. The topological polar surface area (TPSA) is 54.9 Å². The zero-order valence-electron chi connectivity index (χ0n) is 12.1. The van der Waals surface area contributed by atoms with Gasteiger partial charge in [0.05, 0.1) is 17.4 Å². The zero-order chi connectivity index (χ0) is 14.5. The lowest BCUT2D eigenvalue weighted by molar-refractivity contribution is 0.102. The van der Waals surface area contributed by atoms with Gasteiger partial charge in [0.1, 0.15) is 0 Å². The first-order valence-electron chi connectivity index (χ1n) is 6.79. The summed E-state index contributed by atoms with van der Waals surface area (Å²) >= 11 is 0. The molecule has 0 bridgehead atoms. The van der Waals surface area contributed by atoms with Gasteiger partial charge in [0, 0.05) is 18.6 Å². The minimum Gasteiger partial charge on any atom is -0.321 e. The molecule has 20 heavy (non-hydrogen) atoms. The lowest BCUT2D eigenvalue weighted by atomic mass is 9.93. The third-order valence-electron chi connectivity index (χ3n) is 3.56. The maximum Gasteiger partial charge on any atom is 0.257 e. The van der Waals surface area contributed by atoms with E-state index in [9.17, 15) is 4.79 Å². The van der Waals surface area contributed by atoms with Gasteiger partial charge in [-0.25, -0.2) is 0 Å². The van der Waals surface area contributed by atoms with Crippen molar-refractivity contribution in [3.63, 3.8) is 0 Å². The van der Waals surface area contributed by atoms with Gasteiger partial charge in [0.25, 0.3) is 5.91 Å². The van der Waals surface area contributed by atoms with Gasteiger partial charge in [0.2, 0.25) is 0 Å². The molecule has 0 aliphatic carbocycles. The van der Waals surface area contributed by atoms with Gasteiger partial charge in [-0.1, -0.05) is 13.8 Å². The molecule has 0 saturated heterocycles. The molecule has 2 rings (SSSR count). The van der Waals surface area contributed by atoms with E-state index in [4.69, 9.17) is 0 Å². The van der Waals surface area contributed by atoms with Crippen LogP contribution in [0.15, 0.2) is 36.9 Å². The third kappa shape index (κ3) is 3.02. The van der Waals surface area contributed by atoms with Gasteiger partial charge in [0.15, 0.2) is 0 Å². The van der Waals surface area contributed by atoms with Crippen molar-refractivity contribution < 1.29 is 4.79 Å². The van der Waals surface area contributed by atoms with Gasteiger partial charge < -0.3 is 5.32 Å². The Bertz CT molecular complexity index is 596. The highest BCUT2D eigenvalue weighted by atomic mass is 16.1. The lowest BCUT2D eigenvalue weighted by Crippen LogP contribution is -2.15. The molecule has 0 aromatic carbocycles. The van der Waals surface area contributed by atoms with E-state index in [0.29, 0.717) is 17.2 Å². The molecule has 4 heteroatoms. The summed E-state index contributed by atoms with van der Waals surface area (Å²) in [6.45, 7) is 6.25. The molecule has 2 aromatic heterocycles. The lowest BCUT2D eigenvalue weighted by Gasteiger charge is -2.15. The molecule has 0 fully saturated rings. The summed E-state index contributed by atoms with van der Waals surface area (Å²) in [6.07, 6.45) is 7.79. The number of carbonyl (C=O) groups is 1. The molecule has 0 aliphatic heterocycles. The first-order valence-corrected chi connectivity index (χ1v) is 6.79. The number of amides is 1. The highest BCUT2D eigenvalue weighted by Gasteiger charge is 2.15. The molecule has 1 N–H and O–H groups in total. The van der Waals surface area contributed by atoms with Crippen molar-refractivity contribution in [1.82, 2.24) is 9.97 Å². The van der Waals surface area contributed by atoms with Crippen molar-refractivity contribution in [2.45, 2.75) is 33.1 Å². The van der Waals surface area contributed by atoms with E-state index in [-0.39, 0.29) is 5.91 Å². The molecule has 1 amide bonds. The minimum atomic E-state index is -0.145. The molecular weight excluding hydrogens is 250 g/mol. The highest BCUT2D eigenvalue weighted by Crippen LogP contribution is 2.24. The summed E-state index contributed by atoms with van der Waals surface area (Å²) in [7, 11) is 0. The molecule has 2 aromatic rings. The van der Waals surface area contributed by atoms with Gasteiger partial charge in [-0.2, -0.15) is 0 Å². The van der Waals surface area contributed by atoms with E-state index in [1.165, 1.54) is 0 Å². The monoisotopic (exact) mass is 269 g/mol. The van der Waals surface area contributed by atoms with Crippen LogP contribution in [0.5, 0.6) is 0 Å². The van der Waals surface area contributed by atoms with E-state index in [2.05, 4.69) is 29.1 Å². The van der Waals surface area contributed by atoms with E-state index in [0.717, 1.165) is 17.5 Å². The Morgan fingerprint density at radius 1 is 1.30 bits per heavy atom. The third-order valence-corrected chi connectivity index (χ3v) is 3.56. The molecule has 4 nitrogen and oxygen atoms in total. The molecule has 1 unspecified atom stereocenters. The summed E-state index contributed by atoms with van der Waals surface area (Å²) in [4.78, 5) is 20.5. The number of nitrogens with zero attached hydrogens (tertiary/aromatic N) is 2. The summed E-state index contributed by atoms with van der Waals surface area (Å²) in [5.74, 6) is 0.252. The molecule has 0 aliphatic rings. The van der Waals surface area contributed by atoms with Crippen LogP contribution in [0.25, 0.3) is 0 Å². The van der Waals surface area contributed by atoms with Crippen LogP contribution in [0.3, 0.4) is 0 Å². The standard InChI is InChI=1S/C16H19N3O/c1-4-11(2)14-9-18-10-15(12(14)3)16(20)19-13-6-5-7-17-8-13/h5-11H,4H2,1-3H3,(H,19,20). The summed E-state index contributed by atoms with van der Waals surface area (Å²) < 4.78 is 0. The summed E-state index contributed by atoms with van der Waals surface area (Å²) in [5.41, 5.74) is 3.43. The van der Waals surface area contributed by atoms with Crippen LogP contribution in [0.4, 0.5) is 5.69 Å². The quantitative estimate of drug-likeness (QED) is 0.923. The molecule has 1 atom stereocenters. The molecule has 0 saturated carbocycles. The van der Waals surface area contributed by atoms with Crippen molar-refractivity contribution in [2.24, 2.45) is 0 Å². The Morgan fingerprint density at radius 2 is 2.10 bits per heavy atom. The smallest absolute Gasteiger partial charge is 0.257 e. The number of carbonyl (C=O) groups excluding carboxylic acids is 1. The first-order chi connectivity index (χ1) is 9.63. The first kappa shape index (κ1) is 14.2. The number of anilines is 1. The average molecular weight is 269 g/mol. The molecule has 0 spiro atoms. The predicted octanol–water partition coefficient (Wildman–Crippen LogP) is 3.55. The zero-order valence-corrected chi connectivity index (χ0v) is 12.1. The van der Waals surface area contributed by atoms with Crippen LogP contribution in [0.1, 0.15) is 47.7 Å². The molecular formula is C16H19N3O. The largest absolute Gasteiger partial charge is 0.321 e. The fourth-order valence-corrected chi connectivity index (χ4v) is 2.12. The number of hydrogen-bond acceptors (Lipinski definition) is 3. The van der Waals surface area contributed by atoms with Crippen LogP contribution >= 0.6 is 0 Å². The predicted molar refractivity (Wildman–Crippen MR) is 79.9 cm³/mol. The fourth-order valence-electron chi connectivity index (χ4n) is 2.12. The normalized spacial score (nSPS) is 11.9. The number of nitrogens with one attached hydrogen (secondary N) is 1. The van der Waals surface area contributed by atoms with E-state index in [1.807, 2.05) is 19.2 Å². The van der Waals surface area contributed by atoms with Crippen LogP contribution < -0.4 is 5.32 Å². The Balaban J connectivity index is 2.27. The molecule has 2 heterocycles. The Labute approximate surface area is 119 Å². The summed E-state index contributed by atoms with van der Waals surface area (Å²) in [6, 6.07) is 3.60.